The molecule has 6 nitrogen and oxygen atoms in total. The van der Waals surface area contributed by atoms with Crippen LogP contribution in [0, 0.1) is 11.8 Å². The van der Waals surface area contributed by atoms with Crippen molar-refractivity contribution in [2.24, 2.45) is 11.8 Å². The maximum atomic E-state index is 11.3. The minimum absolute atomic E-state index is 0.0364. The average molecular weight is 286 g/mol. The molecule has 2 rings (SSSR count). The van der Waals surface area contributed by atoms with E-state index in [1.807, 2.05) is 6.92 Å². The topological polar surface area (TPSA) is 82.1 Å². The highest BCUT2D eigenvalue weighted by molar-refractivity contribution is 5.66. The summed E-state index contributed by atoms with van der Waals surface area (Å²) in [6.07, 6.45) is -0.264. The first-order valence-electron chi connectivity index (χ1n) is 7.12. The van der Waals surface area contributed by atoms with Gasteiger partial charge in [-0.15, -0.1) is 0 Å². The Bertz CT molecular complexity index is 378. The fourth-order valence-corrected chi connectivity index (χ4v) is 2.96. The van der Waals surface area contributed by atoms with Crippen LogP contribution in [0.2, 0.25) is 0 Å². The summed E-state index contributed by atoms with van der Waals surface area (Å²) in [5.41, 5.74) is 0. The lowest BCUT2D eigenvalue weighted by molar-refractivity contribution is -0.282. The van der Waals surface area contributed by atoms with E-state index in [1.165, 1.54) is 13.8 Å². The largest absolute Gasteiger partial charge is 0.459 e. The second-order valence-electron chi connectivity index (χ2n) is 5.54. The fourth-order valence-electron chi connectivity index (χ4n) is 2.96. The minimum atomic E-state index is -1.14. The van der Waals surface area contributed by atoms with Gasteiger partial charge in [-0.1, -0.05) is 6.92 Å². The monoisotopic (exact) mass is 286 g/mol. The molecule has 0 aromatic heterocycles. The molecule has 1 aliphatic carbocycles. The molecule has 0 spiro atoms. The first kappa shape index (κ1) is 15.3. The summed E-state index contributed by atoms with van der Waals surface area (Å²) in [4.78, 5) is 22.4. The highest BCUT2D eigenvalue weighted by Crippen LogP contribution is 2.46. The van der Waals surface area contributed by atoms with Gasteiger partial charge in [-0.05, 0) is 25.2 Å². The van der Waals surface area contributed by atoms with Gasteiger partial charge in [-0.2, -0.15) is 0 Å². The van der Waals surface area contributed by atoms with Crippen molar-refractivity contribution in [2.75, 3.05) is 0 Å². The summed E-state index contributed by atoms with van der Waals surface area (Å²) in [7, 11) is 0. The van der Waals surface area contributed by atoms with Gasteiger partial charge >= 0.3 is 11.9 Å². The lowest BCUT2D eigenvalue weighted by Crippen LogP contribution is -2.57. The molecule has 6 heteroatoms. The molecular weight excluding hydrogens is 264 g/mol. The van der Waals surface area contributed by atoms with E-state index in [-0.39, 0.29) is 12.0 Å². The molecule has 2 aliphatic rings. The lowest BCUT2D eigenvalue weighted by Gasteiger charge is -2.43. The van der Waals surface area contributed by atoms with Crippen LogP contribution in [-0.4, -0.2) is 41.6 Å². The summed E-state index contributed by atoms with van der Waals surface area (Å²) in [5.74, 6) is -0.615. The second kappa shape index (κ2) is 6.10. The Morgan fingerprint density at radius 2 is 1.80 bits per heavy atom. The molecule has 0 aromatic rings. The van der Waals surface area contributed by atoms with Gasteiger partial charge in [0.25, 0.3) is 0 Å². The zero-order valence-electron chi connectivity index (χ0n) is 12.1. The van der Waals surface area contributed by atoms with Crippen molar-refractivity contribution in [3.63, 3.8) is 0 Å². The van der Waals surface area contributed by atoms with Crippen molar-refractivity contribution in [1.82, 2.24) is 0 Å². The Hall–Kier alpha value is -1.14. The Morgan fingerprint density at radius 1 is 1.20 bits per heavy atom. The summed E-state index contributed by atoms with van der Waals surface area (Å²) < 4.78 is 16.0. The molecule has 0 radical (unpaired) electrons. The van der Waals surface area contributed by atoms with Crippen molar-refractivity contribution < 1.29 is 28.9 Å². The number of hydrogen-bond acceptors (Lipinski definition) is 6. The van der Waals surface area contributed by atoms with Crippen LogP contribution in [0.5, 0.6) is 0 Å². The summed E-state index contributed by atoms with van der Waals surface area (Å²) >= 11 is 0. The van der Waals surface area contributed by atoms with Crippen LogP contribution in [0.3, 0.4) is 0 Å². The van der Waals surface area contributed by atoms with E-state index in [2.05, 4.69) is 0 Å². The molecule has 0 aromatic carbocycles. The van der Waals surface area contributed by atoms with Crippen molar-refractivity contribution in [2.45, 2.75) is 64.6 Å². The second-order valence-corrected chi connectivity index (χ2v) is 5.54. The van der Waals surface area contributed by atoms with Crippen molar-refractivity contribution >= 4 is 11.9 Å². The van der Waals surface area contributed by atoms with E-state index in [4.69, 9.17) is 14.2 Å². The summed E-state index contributed by atoms with van der Waals surface area (Å²) in [5, 5.41) is 10.3. The summed E-state index contributed by atoms with van der Waals surface area (Å²) in [6, 6.07) is 0. The third kappa shape index (κ3) is 3.30. The Balaban J connectivity index is 2.19. The molecular formula is C14H22O6. The Labute approximate surface area is 118 Å². The van der Waals surface area contributed by atoms with Crippen LogP contribution in [0.1, 0.15) is 40.0 Å². The van der Waals surface area contributed by atoms with Crippen LogP contribution in [0.4, 0.5) is 0 Å². The lowest BCUT2D eigenvalue weighted by atomic mass is 9.83. The smallest absolute Gasteiger partial charge is 0.305 e. The molecule has 1 saturated carbocycles. The van der Waals surface area contributed by atoms with E-state index in [0.29, 0.717) is 12.3 Å². The van der Waals surface area contributed by atoms with Crippen molar-refractivity contribution in [3.05, 3.63) is 0 Å². The number of aliphatic hydroxyl groups is 1. The number of ether oxygens (including phenoxy) is 3. The zero-order chi connectivity index (χ0) is 14.9. The third-order valence-corrected chi connectivity index (χ3v) is 3.89. The van der Waals surface area contributed by atoms with Gasteiger partial charge in [-0.25, -0.2) is 0 Å². The van der Waals surface area contributed by atoms with E-state index >= 15 is 0 Å². The molecule has 5 unspecified atom stereocenters. The van der Waals surface area contributed by atoms with Gasteiger partial charge in [0, 0.05) is 19.8 Å². The molecule has 114 valence electrons. The van der Waals surface area contributed by atoms with Gasteiger partial charge in [-0.3, -0.25) is 9.59 Å². The average Bonchev–Trinajstić information content (AvgIpc) is 3.16. The molecule has 1 N–H and O–H groups in total. The Morgan fingerprint density at radius 3 is 2.25 bits per heavy atom. The van der Waals surface area contributed by atoms with Crippen LogP contribution >= 0.6 is 0 Å². The predicted molar refractivity (Wildman–Crippen MR) is 68.5 cm³/mol. The molecule has 1 saturated heterocycles. The van der Waals surface area contributed by atoms with E-state index in [9.17, 15) is 14.7 Å². The van der Waals surface area contributed by atoms with Crippen LogP contribution < -0.4 is 0 Å². The van der Waals surface area contributed by atoms with Gasteiger partial charge < -0.3 is 19.3 Å². The van der Waals surface area contributed by atoms with Crippen molar-refractivity contribution in [3.8, 4) is 0 Å². The van der Waals surface area contributed by atoms with Crippen LogP contribution in [-0.2, 0) is 23.8 Å². The normalized spacial score (nSPS) is 37.3. The number of rotatable bonds is 4. The van der Waals surface area contributed by atoms with Gasteiger partial charge in [0.05, 0.1) is 6.10 Å². The number of carbonyl (C=O) groups excluding carboxylic acids is 2. The minimum Gasteiger partial charge on any atom is -0.459 e. The number of carbonyl (C=O) groups is 2. The van der Waals surface area contributed by atoms with Crippen LogP contribution in [0.25, 0.3) is 0 Å². The zero-order valence-corrected chi connectivity index (χ0v) is 12.1. The fraction of sp³-hybridized carbons (Fsp3) is 0.857. The highest BCUT2D eigenvalue weighted by Gasteiger charge is 2.53. The standard InChI is InChI=1S/C14H22O6/c1-4-10-11(9-5-6-9)13(18-7(2)15)12(17)14(20-10)19-8(3)16/h9-14,17H,4-6H2,1-3H3. The third-order valence-electron chi connectivity index (χ3n) is 3.89. The maximum absolute atomic E-state index is 11.3. The van der Waals surface area contributed by atoms with Gasteiger partial charge in [0.2, 0.25) is 6.29 Å². The van der Waals surface area contributed by atoms with E-state index in [0.717, 1.165) is 12.8 Å². The van der Waals surface area contributed by atoms with E-state index in [1.54, 1.807) is 0 Å². The molecule has 1 heterocycles. The Kier molecular flexibility index (Phi) is 4.65. The number of esters is 2. The maximum Gasteiger partial charge on any atom is 0.305 e. The van der Waals surface area contributed by atoms with Gasteiger partial charge in [0.15, 0.2) is 6.10 Å². The first-order valence-corrected chi connectivity index (χ1v) is 7.12. The van der Waals surface area contributed by atoms with Crippen molar-refractivity contribution in [1.29, 1.82) is 0 Å². The first-order chi connectivity index (χ1) is 9.43. The molecule has 0 amide bonds. The molecule has 20 heavy (non-hydrogen) atoms. The van der Waals surface area contributed by atoms with E-state index < -0.39 is 30.4 Å². The highest BCUT2D eigenvalue weighted by atomic mass is 16.7. The number of hydrogen-bond donors (Lipinski definition) is 1. The molecule has 5 atom stereocenters. The van der Waals surface area contributed by atoms with Crippen LogP contribution in [0.15, 0.2) is 0 Å². The quantitative estimate of drug-likeness (QED) is 0.776. The molecule has 0 bridgehead atoms. The predicted octanol–water partition coefficient (Wildman–Crippen LogP) is 1.00. The summed E-state index contributed by atoms with van der Waals surface area (Å²) in [6.45, 7) is 4.53. The number of aliphatic hydroxyl groups excluding tert-OH is 1. The SMILES string of the molecule is CCC1OC(OC(C)=O)C(O)C(OC(C)=O)C1C1CC1. The molecule has 2 fully saturated rings. The molecule has 1 aliphatic heterocycles. The van der Waals surface area contributed by atoms with Gasteiger partial charge in [0.1, 0.15) is 6.10 Å².